The van der Waals surface area contributed by atoms with Crippen LogP contribution in [0.4, 0.5) is 0 Å². The Kier molecular flexibility index (Phi) is 5.59. The van der Waals surface area contributed by atoms with Crippen LogP contribution < -0.4 is 11.1 Å². The summed E-state index contributed by atoms with van der Waals surface area (Å²) in [7, 11) is 1.72. The van der Waals surface area contributed by atoms with Gasteiger partial charge in [0, 0.05) is 25.6 Å². The van der Waals surface area contributed by atoms with Gasteiger partial charge in [-0.3, -0.25) is 9.59 Å². The molecule has 0 aromatic rings. The van der Waals surface area contributed by atoms with E-state index in [0.717, 1.165) is 25.7 Å². The van der Waals surface area contributed by atoms with E-state index in [1.54, 1.807) is 11.9 Å². The summed E-state index contributed by atoms with van der Waals surface area (Å²) in [6.45, 7) is 2.62. The molecule has 0 aromatic heterocycles. The minimum atomic E-state index is -0.359. The molecule has 0 aliphatic heterocycles. The molecule has 0 radical (unpaired) electrons. The van der Waals surface area contributed by atoms with E-state index in [0.29, 0.717) is 13.0 Å². The molecule has 0 atom stereocenters. The molecule has 1 fully saturated rings. The Morgan fingerprint density at radius 1 is 1.28 bits per heavy atom. The maximum atomic E-state index is 11.8. The number of amides is 2. The number of carbonyl (C=O) groups is 2. The highest BCUT2D eigenvalue weighted by Gasteiger charge is 2.29. The zero-order chi connectivity index (χ0) is 13.6. The van der Waals surface area contributed by atoms with Gasteiger partial charge in [-0.15, -0.1) is 0 Å². The van der Waals surface area contributed by atoms with Crippen molar-refractivity contribution in [2.45, 2.75) is 51.0 Å². The van der Waals surface area contributed by atoms with Gasteiger partial charge in [-0.1, -0.05) is 19.3 Å². The molecule has 2 amide bonds. The number of nitrogens with two attached hydrogens (primary N) is 1. The number of carbonyl (C=O) groups excluding carboxylic acids is 2. The Hall–Kier alpha value is -1.10. The van der Waals surface area contributed by atoms with Crippen LogP contribution >= 0.6 is 0 Å². The zero-order valence-corrected chi connectivity index (χ0v) is 11.5. The Labute approximate surface area is 109 Å². The van der Waals surface area contributed by atoms with E-state index in [9.17, 15) is 9.59 Å². The molecule has 1 aliphatic rings. The molecule has 5 heteroatoms. The molecule has 104 valence electrons. The summed E-state index contributed by atoms with van der Waals surface area (Å²) in [6.07, 6.45) is 5.55. The molecular formula is C13H25N3O2. The van der Waals surface area contributed by atoms with Gasteiger partial charge in [0.15, 0.2) is 0 Å². The summed E-state index contributed by atoms with van der Waals surface area (Å²) >= 11 is 0. The molecule has 1 aliphatic carbocycles. The molecule has 3 N–H and O–H groups in total. The fraction of sp³-hybridized carbons (Fsp3) is 0.846. The first-order chi connectivity index (χ1) is 8.47. The van der Waals surface area contributed by atoms with Gasteiger partial charge in [-0.25, -0.2) is 0 Å². The van der Waals surface area contributed by atoms with Crippen LogP contribution in [0, 0.1) is 0 Å². The van der Waals surface area contributed by atoms with Gasteiger partial charge in [0.25, 0.3) is 0 Å². The smallest absolute Gasteiger partial charge is 0.241 e. The lowest BCUT2D eigenvalue weighted by atomic mass is 9.80. The van der Waals surface area contributed by atoms with Gasteiger partial charge in [0.1, 0.15) is 0 Å². The second-order valence-electron chi connectivity index (χ2n) is 5.28. The van der Waals surface area contributed by atoms with Crippen molar-refractivity contribution in [3.05, 3.63) is 0 Å². The molecular weight excluding hydrogens is 230 g/mol. The lowest BCUT2D eigenvalue weighted by Crippen LogP contribution is -2.47. The minimum absolute atomic E-state index is 0.0687. The first kappa shape index (κ1) is 15.0. The van der Waals surface area contributed by atoms with E-state index in [2.05, 4.69) is 5.32 Å². The summed E-state index contributed by atoms with van der Waals surface area (Å²) in [5, 5.41) is 2.66. The molecule has 18 heavy (non-hydrogen) atoms. The molecule has 0 bridgehead atoms. The fourth-order valence-corrected chi connectivity index (χ4v) is 2.30. The van der Waals surface area contributed by atoms with Crippen LogP contribution in [0.1, 0.15) is 45.4 Å². The van der Waals surface area contributed by atoms with Crippen molar-refractivity contribution in [2.75, 3.05) is 20.1 Å². The number of rotatable bonds is 5. The van der Waals surface area contributed by atoms with Crippen molar-refractivity contribution in [3.8, 4) is 0 Å². The van der Waals surface area contributed by atoms with Crippen molar-refractivity contribution < 1.29 is 9.59 Å². The predicted octanol–water partition coefficient (Wildman–Crippen LogP) is 0.633. The zero-order valence-electron chi connectivity index (χ0n) is 11.5. The van der Waals surface area contributed by atoms with Crippen LogP contribution in [0.2, 0.25) is 0 Å². The van der Waals surface area contributed by atoms with E-state index in [1.807, 2.05) is 6.92 Å². The summed E-state index contributed by atoms with van der Waals surface area (Å²) < 4.78 is 0. The monoisotopic (exact) mass is 255 g/mol. The Bertz CT molecular complexity index is 299. The number of hydrogen-bond acceptors (Lipinski definition) is 3. The SMILES string of the molecule is CCN(C)C(=O)CNC(=O)CC1(N)CCCCC1. The quantitative estimate of drug-likeness (QED) is 0.756. The maximum Gasteiger partial charge on any atom is 0.241 e. The van der Waals surface area contributed by atoms with E-state index in [4.69, 9.17) is 5.73 Å². The summed E-state index contributed by atoms with van der Waals surface area (Å²) in [4.78, 5) is 24.9. The molecule has 1 rings (SSSR count). The van der Waals surface area contributed by atoms with Gasteiger partial charge >= 0.3 is 0 Å². The van der Waals surface area contributed by atoms with Crippen LogP contribution in [0.25, 0.3) is 0 Å². The molecule has 0 spiro atoms. The predicted molar refractivity (Wildman–Crippen MR) is 70.9 cm³/mol. The van der Waals surface area contributed by atoms with E-state index in [1.165, 1.54) is 6.42 Å². The third-order valence-electron chi connectivity index (χ3n) is 3.70. The summed E-state index contributed by atoms with van der Waals surface area (Å²) in [5.74, 6) is -0.183. The third-order valence-corrected chi connectivity index (χ3v) is 3.70. The van der Waals surface area contributed by atoms with Crippen molar-refractivity contribution in [3.63, 3.8) is 0 Å². The maximum absolute atomic E-state index is 11.8. The van der Waals surface area contributed by atoms with Crippen molar-refractivity contribution in [2.24, 2.45) is 5.73 Å². The van der Waals surface area contributed by atoms with Gasteiger partial charge in [0.05, 0.1) is 6.54 Å². The standard InChI is InChI=1S/C13H25N3O2/c1-3-16(2)12(18)10-15-11(17)9-13(14)7-5-4-6-8-13/h3-10,14H2,1-2H3,(H,15,17). The van der Waals surface area contributed by atoms with Crippen LogP contribution in [0.15, 0.2) is 0 Å². The van der Waals surface area contributed by atoms with Crippen LogP contribution in [-0.4, -0.2) is 42.4 Å². The highest BCUT2D eigenvalue weighted by atomic mass is 16.2. The van der Waals surface area contributed by atoms with Gasteiger partial charge in [-0.2, -0.15) is 0 Å². The third kappa shape index (κ3) is 4.64. The highest BCUT2D eigenvalue weighted by molar-refractivity contribution is 5.85. The Morgan fingerprint density at radius 2 is 1.89 bits per heavy atom. The molecule has 0 aromatic carbocycles. The number of nitrogens with zero attached hydrogens (tertiary/aromatic N) is 1. The lowest BCUT2D eigenvalue weighted by molar-refractivity contribution is -0.132. The normalized spacial score (nSPS) is 18.2. The molecule has 1 saturated carbocycles. The number of nitrogens with one attached hydrogen (secondary N) is 1. The Balaban J connectivity index is 2.31. The molecule has 5 nitrogen and oxygen atoms in total. The summed E-state index contributed by atoms with van der Waals surface area (Å²) in [5.41, 5.74) is 5.84. The van der Waals surface area contributed by atoms with Gasteiger partial charge in [-0.05, 0) is 19.8 Å². The second kappa shape index (κ2) is 6.73. The lowest BCUT2D eigenvalue weighted by Gasteiger charge is -2.32. The van der Waals surface area contributed by atoms with Gasteiger partial charge in [0.2, 0.25) is 11.8 Å². The first-order valence-electron chi connectivity index (χ1n) is 6.76. The highest BCUT2D eigenvalue weighted by Crippen LogP contribution is 2.28. The van der Waals surface area contributed by atoms with E-state index in [-0.39, 0.29) is 23.9 Å². The Morgan fingerprint density at radius 3 is 2.44 bits per heavy atom. The van der Waals surface area contributed by atoms with Crippen molar-refractivity contribution in [1.29, 1.82) is 0 Å². The van der Waals surface area contributed by atoms with Gasteiger partial charge < -0.3 is 16.0 Å². The molecule has 0 unspecified atom stereocenters. The average Bonchev–Trinajstić information content (AvgIpc) is 2.35. The number of hydrogen-bond donors (Lipinski definition) is 2. The second-order valence-corrected chi connectivity index (χ2v) is 5.28. The minimum Gasteiger partial charge on any atom is -0.347 e. The van der Waals surface area contributed by atoms with E-state index >= 15 is 0 Å². The first-order valence-corrected chi connectivity index (χ1v) is 6.76. The van der Waals surface area contributed by atoms with Crippen LogP contribution in [0.5, 0.6) is 0 Å². The molecule has 0 saturated heterocycles. The van der Waals surface area contributed by atoms with Crippen LogP contribution in [0.3, 0.4) is 0 Å². The molecule has 0 heterocycles. The van der Waals surface area contributed by atoms with Crippen molar-refractivity contribution in [1.82, 2.24) is 10.2 Å². The van der Waals surface area contributed by atoms with E-state index < -0.39 is 0 Å². The van der Waals surface area contributed by atoms with Crippen molar-refractivity contribution >= 4 is 11.8 Å². The average molecular weight is 255 g/mol. The van der Waals surface area contributed by atoms with Crippen LogP contribution in [-0.2, 0) is 9.59 Å². The topological polar surface area (TPSA) is 75.4 Å². The largest absolute Gasteiger partial charge is 0.347 e. The summed E-state index contributed by atoms with van der Waals surface area (Å²) in [6, 6.07) is 0. The number of likely N-dealkylation sites (N-methyl/N-ethyl adjacent to an activating group) is 1. The fourth-order valence-electron chi connectivity index (χ4n) is 2.30.